The molecule has 0 saturated carbocycles. The molecule has 0 rings (SSSR count). The number of carbonyl (C=O) groups is 1. The van der Waals surface area contributed by atoms with Gasteiger partial charge in [-0.2, -0.15) is 0 Å². The van der Waals surface area contributed by atoms with E-state index < -0.39 is 19.8 Å². The first-order valence-corrected chi connectivity index (χ1v) is 12.8. The Morgan fingerprint density at radius 3 is 2.35 bits per heavy atom. The summed E-state index contributed by atoms with van der Waals surface area (Å²) >= 11 is 6.16. The second-order valence-corrected chi connectivity index (χ2v) is 14.2. The van der Waals surface area contributed by atoms with Crippen LogP contribution >= 0.6 is 11.6 Å². The third-order valence-corrected chi connectivity index (χ3v) is 5.20. The smallest absolute Gasteiger partial charge is 0.407 e. The fraction of sp³-hybridized carbons (Fsp3) is 0.765. The van der Waals surface area contributed by atoms with Crippen molar-refractivity contribution in [3.63, 3.8) is 0 Å². The number of hydrogen-bond acceptors (Lipinski definition) is 5. The molecule has 0 fully saturated rings. The molecule has 0 aromatic heterocycles. The largest absolute Gasteiger partial charge is 0.444 e. The molecule has 1 amide bonds. The summed E-state index contributed by atoms with van der Waals surface area (Å²) < 4.78 is 5.18. The Morgan fingerprint density at radius 2 is 1.85 bits per heavy atom. The summed E-state index contributed by atoms with van der Waals surface area (Å²) in [5, 5.41) is 4.34. The molecule has 9 heteroatoms. The molecule has 0 bridgehead atoms. The SMILES string of the molecule is C=C(/N=C(/Cl)N(C)OCC[Si](C)(C)C)N(C)CCNC(=O)OC(C)(C)C. The predicted molar refractivity (Wildman–Crippen MR) is 111 cm³/mol. The third-order valence-electron chi connectivity index (χ3n) is 3.17. The molecule has 0 radical (unpaired) electrons. The molecule has 7 nitrogen and oxygen atoms in total. The predicted octanol–water partition coefficient (Wildman–Crippen LogP) is 3.71. The highest BCUT2D eigenvalue weighted by molar-refractivity contribution is 6.76. The van der Waals surface area contributed by atoms with Crippen LogP contribution < -0.4 is 5.32 Å². The molecule has 0 saturated heterocycles. The Labute approximate surface area is 164 Å². The van der Waals surface area contributed by atoms with E-state index in [1.54, 1.807) is 11.9 Å². The highest BCUT2D eigenvalue weighted by Crippen LogP contribution is 2.10. The van der Waals surface area contributed by atoms with Gasteiger partial charge < -0.3 is 15.0 Å². The lowest BCUT2D eigenvalue weighted by Gasteiger charge is -2.23. The number of aliphatic imine (C=N–C) groups is 1. The molecule has 0 spiro atoms. The molecule has 0 aromatic carbocycles. The lowest BCUT2D eigenvalue weighted by Crippen LogP contribution is -2.36. The van der Waals surface area contributed by atoms with E-state index in [1.807, 2.05) is 27.8 Å². The van der Waals surface area contributed by atoms with E-state index >= 15 is 0 Å². The zero-order valence-corrected chi connectivity index (χ0v) is 19.2. The fourth-order valence-electron chi connectivity index (χ4n) is 1.57. The summed E-state index contributed by atoms with van der Waals surface area (Å²) in [5.41, 5.74) is -0.516. The van der Waals surface area contributed by atoms with E-state index in [2.05, 4.69) is 36.5 Å². The van der Waals surface area contributed by atoms with E-state index in [-0.39, 0.29) is 5.29 Å². The normalized spacial score (nSPS) is 12.6. The number of carbonyl (C=O) groups excluding carboxylic acids is 1. The van der Waals surface area contributed by atoms with Gasteiger partial charge in [0.1, 0.15) is 11.4 Å². The van der Waals surface area contributed by atoms with Crippen LogP contribution in [0.3, 0.4) is 0 Å². The van der Waals surface area contributed by atoms with Gasteiger partial charge in [0.15, 0.2) is 0 Å². The van der Waals surface area contributed by atoms with Crippen LogP contribution in [0, 0.1) is 0 Å². The van der Waals surface area contributed by atoms with Crippen molar-refractivity contribution in [2.75, 3.05) is 33.8 Å². The summed E-state index contributed by atoms with van der Waals surface area (Å²) in [7, 11) is 2.38. The van der Waals surface area contributed by atoms with E-state index in [4.69, 9.17) is 21.2 Å². The highest BCUT2D eigenvalue weighted by atomic mass is 35.5. The molecule has 26 heavy (non-hydrogen) atoms. The number of likely N-dealkylation sites (N-methyl/N-ethyl adjacent to an activating group) is 1. The number of ether oxygens (including phenoxy) is 1. The molecule has 152 valence electrons. The van der Waals surface area contributed by atoms with Gasteiger partial charge in [-0.25, -0.2) is 14.9 Å². The topological polar surface area (TPSA) is 66.4 Å². The van der Waals surface area contributed by atoms with Crippen molar-refractivity contribution < 1.29 is 14.4 Å². The molecule has 1 N–H and O–H groups in total. The van der Waals surface area contributed by atoms with Crippen LogP contribution in [-0.2, 0) is 9.57 Å². The monoisotopic (exact) mass is 406 g/mol. The number of nitrogens with zero attached hydrogens (tertiary/aromatic N) is 3. The summed E-state index contributed by atoms with van der Waals surface area (Å²) in [4.78, 5) is 23.2. The number of halogens is 1. The number of rotatable bonds is 9. The van der Waals surface area contributed by atoms with Crippen molar-refractivity contribution in [2.45, 2.75) is 52.1 Å². The number of nitrogens with one attached hydrogen (secondary N) is 1. The van der Waals surface area contributed by atoms with Crippen molar-refractivity contribution in [2.24, 2.45) is 4.99 Å². The first-order valence-electron chi connectivity index (χ1n) is 8.69. The zero-order chi connectivity index (χ0) is 20.5. The van der Waals surface area contributed by atoms with Crippen LogP contribution in [0.25, 0.3) is 0 Å². The number of amides is 1. The summed E-state index contributed by atoms with van der Waals surface area (Å²) in [6.45, 7) is 17.7. The first kappa shape index (κ1) is 24.7. The van der Waals surface area contributed by atoms with Crippen molar-refractivity contribution in [3.05, 3.63) is 12.4 Å². The molecule has 0 aliphatic heterocycles. The summed E-state index contributed by atoms with van der Waals surface area (Å²) in [5.74, 6) is 0.474. The zero-order valence-electron chi connectivity index (χ0n) is 17.5. The minimum atomic E-state index is -1.15. The van der Waals surface area contributed by atoms with Crippen LogP contribution in [0.2, 0.25) is 25.7 Å². The number of hydroxylamine groups is 2. The van der Waals surface area contributed by atoms with Crippen molar-refractivity contribution >= 4 is 31.1 Å². The Balaban J connectivity index is 4.29. The molecule has 0 aliphatic carbocycles. The van der Waals surface area contributed by atoms with Gasteiger partial charge in [-0.15, -0.1) is 0 Å². The van der Waals surface area contributed by atoms with Crippen LogP contribution in [0.4, 0.5) is 4.79 Å². The molecular weight excluding hydrogens is 372 g/mol. The maximum absolute atomic E-state index is 11.6. The fourth-order valence-corrected chi connectivity index (χ4v) is 2.42. The van der Waals surface area contributed by atoms with Gasteiger partial charge >= 0.3 is 6.09 Å². The first-order chi connectivity index (χ1) is 11.7. The lowest BCUT2D eigenvalue weighted by atomic mass is 10.2. The quantitative estimate of drug-likeness (QED) is 0.208. The molecule has 0 aromatic rings. The maximum Gasteiger partial charge on any atom is 0.407 e. The van der Waals surface area contributed by atoms with Gasteiger partial charge in [0, 0.05) is 35.3 Å². The van der Waals surface area contributed by atoms with Crippen LogP contribution in [-0.4, -0.2) is 68.8 Å². The van der Waals surface area contributed by atoms with Crippen molar-refractivity contribution in [3.8, 4) is 0 Å². The van der Waals surface area contributed by atoms with Gasteiger partial charge in [0.05, 0.1) is 6.61 Å². The van der Waals surface area contributed by atoms with E-state index in [9.17, 15) is 4.79 Å². The van der Waals surface area contributed by atoms with Crippen LogP contribution in [0.5, 0.6) is 0 Å². The summed E-state index contributed by atoms with van der Waals surface area (Å²) in [6, 6.07) is 1.04. The minimum absolute atomic E-state index is 0.206. The van der Waals surface area contributed by atoms with Gasteiger partial charge in [-0.1, -0.05) is 26.2 Å². The third kappa shape index (κ3) is 13.0. The van der Waals surface area contributed by atoms with E-state index in [0.29, 0.717) is 25.5 Å². The molecule has 0 aliphatic rings. The van der Waals surface area contributed by atoms with E-state index in [0.717, 1.165) is 6.04 Å². The second-order valence-electron chi connectivity index (χ2n) is 8.29. The molecular formula is C17H35ClN4O3Si. The number of amidine groups is 1. The minimum Gasteiger partial charge on any atom is -0.444 e. The Morgan fingerprint density at radius 1 is 1.27 bits per heavy atom. The Kier molecular flexibility index (Phi) is 10.3. The number of alkyl carbamates (subject to hydrolysis) is 1. The Bertz CT molecular complexity index is 501. The van der Waals surface area contributed by atoms with Crippen LogP contribution in [0.1, 0.15) is 20.8 Å². The van der Waals surface area contributed by atoms with Gasteiger partial charge in [-0.3, -0.25) is 4.84 Å². The van der Waals surface area contributed by atoms with Crippen LogP contribution in [0.15, 0.2) is 17.4 Å². The average molecular weight is 407 g/mol. The molecule has 0 atom stereocenters. The standard InChI is InChI=1S/C17H35ClN4O3Si/c1-14(20-15(18)22(6)24-12-13-26(7,8)9)21(5)11-10-19-16(23)25-17(2,3)4/h1,10-13H2,2-9H3,(H,19,23)/b20-15-. The van der Waals surface area contributed by atoms with Crippen molar-refractivity contribution in [1.29, 1.82) is 0 Å². The average Bonchev–Trinajstić information content (AvgIpc) is 2.43. The Hall–Kier alpha value is -1.25. The van der Waals surface area contributed by atoms with E-state index in [1.165, 1.54) is 5.06 Å². The molecule has 0 heterocycles. The highest BCUT2D eigenvalue weighted by Gasteiger charge is 2.16. The van der Waals surface area contributed by atoms with Gasteiger partial charge in [0.2, 0.25) is 5.29 Å². The second kappa shape index (κ2) is 10.8. The number of hydrogen-bond donors (Lipinski definition) is 1. The van der Waals surface area contributed by atoms with Crippen molar-refractivity contribution in [1.82, 2.24) is 15.3 Å². The summed E-state index contributed by atoms with van der Waals surface area (Å²) in [6.07, 6.45) is -0.450. The van der Waals surface area contributed by atoms with Gasteiger partial charge in [0.25, 0.3) is 0 Å². The van der Waals surface area contributed by atoms with Gasteiger partial charge in [-0.05, 0) is 38.4 Å². The molecule has 0 unspecified atom stereocenters. The maximum atomic E-state index is 11.6. The lowest BCUT2D eigenvalue weighted by molar-refractivity contribution is -0.0704.